The highest BCUT2D eigenvalue weighted by atomic mass is 16.5. The van der Waals surface area contributed by atoms with E-state index in [4.69, 9.17) is 14.2 Å². The zero-order valence-electron chi connectivity index (χ0n) is 19.7. The van der Waals surface area contributed by atoms with Crippen molar-refractivity contribution in [1.82, 2.24) is 4.98 Å². The van der Waals surface area contributed by atoms with E-state index in [9.17, 15) is 4.79 Å². The summed E-state index contributed by atoms with van der Waals surface area (Å²) in [5.74, 6) is 2.22. The van der Waals surface area contributed by atoms with Gasteiger partial charge < -0.3 is 19.1 Å². The summed E-state index contributed by atoms with van der Waals surface area (Å²) in [5.41, 5.74) is 2.35. The summed E-state index contributed by atoms with van der Waals surface area (Å²) >= 11 is 0. The topological polar surface area (TPSA) is 62.1 Å². The highest BCUT2D eigenvalue weighted by molar-refractivity contribution is 5.90. The Bertz CT molecular complexity index is 1190. The van der Waals surface area contributed by atoms with Crippen LogP contribution in [0.25, 0.3) is 10.9 Å². The van der Waals surface area contributed by atoms with Crippen LogP contribution in [0.4, 0.5) is 0 Å². The van der Waals surface area contributed by atoms with Gasteiger partial charge in [0.2, 0.25) is 0 Å². The Hall–Kier alpha value is -3.38. The Morgan fingerprint density at radius 3 is 2.56 bits per heavy atom. The first-order valence-corrected chi connectivity index (χ1v) is 11.9. The Morgan fingerprint density at radius 2 is 1.88 bits per heavy atom. The average Bonchev–Trinajstić information content (AvgIpc) is 2.91. The summed E-state index contributed by atoms with van der Waals surface area (Å²) in [6.07, 6.45) is 5.70. The minimum absolute atomic E-state index is 0.175. The van der Waals surface area contributed by atoms with Crippen LogP contribution >= 0.6 is 0 Å². The third kappa shape index (κ3) is 4.14. The number of benzene rings is 2. The van der Waals surface area contributed by atoms with Gasteiger partial charge in [0.25, 0.3) is 0 Å². The van der Waals surface area contributed by atoms with Gasteiger partial charge in [0.1, 0.15) is 17.5 Å². The molecule has 5 atom stereocenters. The Kier molecular flexibility index (Phi) is 6.24. The predicted molar refractivity (Wildman–Crippen MR) is 130 cm³/mol. The number of nitrogens with one attached hydrogen (secondary N) is 1. The molecule has 3 aliphatic rings. The van der Waals surface area contributed by atoms with Crippen molar-refractivity contribution in [3.05, 3.63) is 78.5 Å². The van der Waals surface area contributed by atoms with Gasteiger partial charge in [-0.2, -0.15) is 0 Å². The first-order valence-electron chi connectivity index (χ1n) is 11.9. The van der Waals surface area contributed by atoms with Crippen molar-refractivity contribution in [2.75, 3.05) is 27.3 Å². The summed E-state index contributed by atoms with van der Waals surface area (Å²) in [5, 5.41) is 0.955. The molecule has 0 spiro atoms. The van der Waals surface area contributed by atoms with Crippen LogP contribution in [0.5, 0.6) is 11.5 Å². The van der Waals surface area contributed by atoms with E-state index in [-0.39, 0.29) is 12.0 Å². The maximum absolute atomic E-state index is 13.3. The van der Waals surface area contributed by atoms with E-state index < -0.39 is 6.10 Å². The van der Waals surface area contributed by atoms with Crippen molar-refractivity contribution >= 4 is 16.9 Å². The van der Waals surface area contributed by atoms with Crippen LogP contribution in [0.3, 0.4) is 0 Å². The molecule has 1 unspecified atom stereocenters. The predicted octanol–water partition coefficient (Wildman–Crippen LogP) is 3.63. The van der Waals surface area contributed by atoms with Gasteiger partial charge >= 0.3 is 5.97 Å². The maximum Gasteiger partial charge on any atom is 0.338 e. The van der Waals surface area contributed by atoms with Crippen molar-refractivity contribution in [2.45, 2.75) is 25.0 Å². The van der Waals surface area contributed by atoms with Crippen molar-refractivity contribution < 1.29 is 23.9 Å². The van der Waals surface area contributed by atoms with E-state index in [0.717, 1.165) is 41.7 Å². The summed E-state index contributed by atoms with van der Waals surface area (Å²) in [6, 6.07) is 15.1. The zero-order valence-corrected chi connectivity index (χ0v) is 19.7. The number of hydrogen-bond acceptors (Lipinski definition) is 5. The van der Waals surface area contributed by atoms with Gasteiger partial charge in [-0.3, -0.25) is 4.98 Å². The summed E-state index contributed by atoms with van der Waals surface area (Å²) in [7, 11) is 3.27. The molecule has 34 heavy (non-hydrogen) atoms. The van der Waals surface area contributed by atoms with Crippen LogP contribution in [0.1, 0.15) is 34.9 Å². The third-order valence-electron chi connectivity index (χ3n) is 7.54. The zero-order chi connectivity index (χ0) is 23.7. The average molecular weight is 460 g/mol. The number of methoxy groups -OCH3 is 2. The summed E-state index contributed by atoms with van der Waals surface area (Å²) < 4.78 is 17.1. The minimum atomic E-state index is -0.393. The van der Waals surface area contributed by atoms with Crippen LogP contribution in [0, 0.1) is 11.8 Å². The standard InChI is InChI=1S/C28H30N2O4/c1-4-18-17-30-14-12-20(18)15-26(30)27(34-28(31)19-5-7-21(32-2)8-6-19)23-11-13-29-25-10-9-22(33-3)16-24(23)25/h4-11,13,16,18,20,26-27H,1,12,14-15,17H2,2-3H3/p+1/t18-,20+,26+,27-/m0/s1. The number of piperidine rings is 3. The SMILES string of the molecule is C=C[C@H]1C[NH+]2CC[C@@H]1C[C@@H]2[C@@H](OC(=O)c1ccc(OC)cc1)c1ccnc2ccc(OC)cc12. The number of rotatable bonds is 7. The lowest BCUT2D eigenvalue weighted by molar-refractivity contribution is -0.949. The van der Waals surface area contributed by atoms with Gasteiger partial charge in [-0.15, -0.1) is 6.58 Å². The van der Waals surface area contributed by atoms with Gasteiger partial charge in [-0.05, 0) is 54.4 Å². The summed E-state index contributed by atoms with van der Waals surface area (Å²) in [6.45, 7) is 6.18. The molecule has 4 heterocycles. The van der Waals surface area contributed by atoms with E-state index in [1.807, 2.05) is 24.3 Å². The minimum Gasteiger partial charge on any atom is -0.497 e. The number of fused-ring (bicyclic) bond motifs is 4. The molecule has 2 bridgehead atoms. The maximum atomic E-state index is 13.3. The quantitative estimate of drug-likeness (QED) is 0.432. The monoisotopic (exact) mass is 459 g/mol. The van der Waals surface area contributed by atoms with Gasteiger partial charge in [-0.1, -0.05) is 6.08 Å². The van der Waals surface area contributed by atoms with E-state index in [1.54, 1.807) is 44.7 Å². The van der Waals surface area contributed by atoms with Crippen molar-refractivity contribution in [2.24, 2.45) is 11.8 Å². The molecule has 6 nitrogen and oxygen atoms in total. The van der Waals surface area contributed by atoms with Crippen LogP contribution in [0.2, 0.25) is 0 Å². The molecule has 0 amide bonds. The Balaban J connectivity index is 1.54. The number of pyridine rings is 1. The number of aromatic nitrogens is 1. The second kappa shape index (κ2) is 9.47. The molecule has 1 N–H and O–H groups in total. The Labute approximate surface area is 200 Å². The molecule has 0 aliphatic carbocycles. The highest BCUT2D eigenvalue weighted by Gasteiger charge is 2.47. The first kappa shape index (κ1) is 22.4. The van der Waals surface area contributed by atoms with Gasteiger partial charge in [0, 0.05) is 35.9 Å². The molecular weight excluding hydrogens is 428 g/mol. The molecule has 2 aromatic carbocycles. The molecule has 0 radical (unpaired) electrons. The number of ether oxygens (including phenoxy) is 3. The van der Waals surface area contributed by atoms with Crippen LogP contribution in [0.15, 0.2) is 67.4 Å². The smallest absolute Gasteiger partial charge is 0.338 e. The molecule has 176 valence electrons. The van der Waals surface area contributed by atoms with Gasteiger partial charge in [0.15, 0.2) is 6.10 Å². The fraction of sp³-hybridized carbons (Fsp3) is 0.357. The summed E-state index contributed by atoms with van der Waals surface area (Å²) in [4.78, 5) is 19.4. The number of carbonyl (C=O) groups excluding carboxylic acids is 1. The van der Waals surface area contributed by atoms with Gasteiger partial charge in [0.05, 0.1) is 38.4 Å². The molecule has 0 saturated carbocycles. The molecular formula is C28H31N2O4+. The normalized spacial score (nSPS) is 24.4. The number of nitrogens with zero attached hydrogens (tertiary/aromatic N) is 1. The molecule has 3 aliphatic heterocycles. The molecule has 3 aromatic rings. The number of hydrogen-bond donors (Lipinski definition) is 1. The van der Waals surface area contributed by atoms with E-state index in [1.165, 1.54) is 11.3 Å². The lowest BCUT2D eigenvalue weighted by Crippen LogP contribution is -3.20. The first-order chi connectivity index (χ1) is 16.6. The molecule has 6 heteroatoms. The highest BCUT2D eigenvalue weighted by Crippen LogP contribution is 2.37. The largest absolute Gasteiger partial charge is 0.497 e. The third-order valence-corrected chi connectivity index (χ3v) is 7.54. The van der Waals surface area contributed by atoms with Crippen molar-refractivity contribution in [3.63, 3.8) is 0 Å². The second-order valence-electron chi connectivity index (χ2n) is 9.24. The lowest BCUT2D eigenvalue weighted by atomic mass is 9.73. The van der Waals surface area contributed by atoms with Crippen molar-refractivity contribution in [3.8, 4) is 11.5 Å². The second-order valence-corrected chi connectivity index (χ2v) is 9.24. The molecule has 1 aromatic heterocycles. The fourth-order valence-electron chi connectivity index (χ4n) is 5.69. The number of quaternary nitrogens is 1. The Morgan fingerprint density at radius 1 is 1.12 bits per heavy atom. The lowest BCUT2D eigenvalue weighted by Gasteiger charge is -2.48. The van der Waals surface area contributed by atoms with Crippen molar-refractivity contribution in [1.29, 1.82) is 0 Å². The van der Waals surface area contributed by atoms with E-state index in [0.29, 0.717) is 23.1 Å². The number of carbonyl (C=O) groups is 1. The van der Waals surface area contributed by atoms with E-state index >= 15 is 0 Å². The van der Waals surface area contributed by atoms with Crippen LogP contribution in [-0.4, -0.2) is 44.3 Å². The molecule has 3 fully saturated rings. The van der Waals surface area contributed by atoms with Crippen LogP contribution in [-0.2, 0) is 4.74 Å². The van der Waals surface area contributed by atoms with Gasteiger partial charge in [-0.25, -0.2) is 4.79 Å². The number of esters is 1. The van der Waals surface area contributed by atoms with E-state index in [2.05, 4.69) is 17.6 Å². The molecule has 3 saturated heterocycles. The fourth-order valence-corrected chi connectivity index (χ4v) is 5.69. The van der Waals surface area contributed by atoms with Crippen LogP contribution < -0.4 is 14.4 Å². The molecule has 6 rings (SSSR count).